The fraction of sp³-hybridized carbons (Fsp3) is 0.200. The zero-order valence-corrected chi connectivity index (χ0v) is 15.2. The van der Waals surface area contributed by atoms with Crippen LogP contribution in [-0.4, -0.2) is 35.2 Å². The molecule has 0 aromatic heterocycles. The van der Waals surface area contributed by atoms with Crippen LogP contribution >= 0.6 is 0 Å². The average Bonchev–Trinajstić information content (AvgIpc) is 2.66. The Kier molecular flexibility index (Phi) is 6.82. The van der Waals surface area contributed by atoms with Crippen LogP contribution in [-0.2, 0) is 16.0 Å². The van der Waals surface area contributed by atoms with Crippen LogP contribution < -0.4 is 5.32 Å². The van der Waals surface area contributed by atoms with Gasteiger partial charge in [-0.05, 0) is 41.8 Å². The molecule has 0 aliphatic heterocycles. The molecule has 0 atom stereocenters. The molecule has 0 aliphatic rings. The standard InChI is InChI=1S/C20H21N3O4/c1-3-16-6-4-5-7-18(16)21-19(24)14-22(2)20(25)13-10-15-8-11-17(12-9-15)23(26)27/h4-13H,3,14H2,1-2H3,(H,21,24)/b13-10+. The van der Waals surface area contributed by atoms with Crippen LogP contribution in [0.4, 0.5) is 11.4 Å². The van der Waals surface area contributed by atoms with Gasteiger partial charge < -0.3 is 10.2 Å². The van der Waals surface area contributed by atoms with E-state index in [4.69, 9.17) is 0 Å². The molecule has 0 saturated carbocycles. The van der Waals surface area contributed by atoms with Crippen molar-refractivity contribution in [1.29, 1.82) is 0 Å². The number of nitro groups is 1. The number of carbonyl (C=O) groups is 2. The number of carbonyl (C=O) groups excluding carboxylic acids is 2. The zero-order chi connectivity index (χ0) is 19.8. The minimum absolute atomic E-state index is 0.0142. The Balaban J connectivity index is 1.92. The van der Waals surface area contributed by atoms with Crippen molar-refractivity contribution in [2.24, 2.45) is 0 Å². The molecule has 0 heterocycles. The number of hydrogen-bond donors (Lipinski definition) is 1. The second-order valence-electron chi connectivity index (χ2n) is 5.94. The lowest BCUT2D eigenvalue weighted by molar-refractivity contribution is -0.384. The summed E-state index contributed by atoms with van der Waals surface area (Å²) in [6, 6.07) is 13.4. The number of likely N-dealkylation sites (N-methyl/N-ethyl adjacent to an activating group) is 1. The van der Waals surface area contributed by atoms with Crippen molar-refractivity contribution in [3.05, 3.63) is 75.8 Å². The highest BCUT2D eigenvalue weighted by molar-refractivity contribution is 5.98. The van der Waals surface area contributed by atoms with Crippen LogP contribution in [0.2, 0.25) is 0 Å². The van der Waals surface area contributed by atoms with Gasteiger partial charge in [0, 0.05) is 30.9 Å². The number of non-ortho nitro benzene ring substituents is 1. The van der Waals surface area contributed by atoms with Crippen LogP contribution in [0, 0.1) is 10.1 Å². The van der Waals surface area contributed by atoms with Crippen molar-refractivity contribution in [2.75, 3.05) is 18.9 Å². The fourth-order valence-corrected chi connectivity index (χ4v) is 2.44. The van der Waals surface area contributed by atoms with Crippen LogP contribution in [0.25, 0.3) is 6.08 Å². The highest BCUT2D eigenvalue weighted by atomic mass is 16.6. The molecule has 2 aromatic carbocycles. The van der Waals surface area contributed by atoms with Gasteiger partial charge >= 0.3 is 0 Å². The maximum absolute atomic E-state index is 12.2. The molecule has 1 N–H and O–H groups in total. The summed E-state index contributed by atoms with van der Waals surface area (Å²) >= 11 is 0. The number of anilines is 1. The van der Waals surface area contributed by atoms with Crippen LogP contribution in [0.3, 0.4) is 0 Å². The average molecular weight is 367 g/mol. The van der Waals surface area contributed by atoms with E-state index in [0.717, 1.165) is 17.7 Å². The molecule has 7 nitrogen and oxygen atoms in total. The molecule has 2 rings (SSSR count). The number of nitrogens with one attached hydrogen (secondary N) is 1. The Labute approximate surface area is 157 Å². The van der Waals surface area contributed by atoms with Gasteiger partial charge in [-0.1, -0.05) is 25.1 Å². The highest BCUT2D eigenvalue weighted by Gasteiger charge is 2.12. The van der Waals surface area contributed by atoms with E-state index in [2.05, 4.69) is 5.32 Å². The van der Waals surface area contributed by atoms with E-state index in [0.29, 0.717) is 5.56 Å². The summed E-state index contributed by atoms with van der Waals surface area (Å²) in [5.74, 6) is -0.622. The maximum Gasteiger partial charge on any atom is 0.269 e. The first-order valence-corrected chi connectivity index (χ1v) is 8.46. The lowest BCUT2D eigenvalue weighted by Gasteiger charge is -2.16. The third-order valence-corrected chi connectivity index (χ3v) is 3.95. The molecule has 0 fully saturated rings. The van der Waals surface area contributed by atoms with E-state index in [1.165, 1.54) is 30.2 Å². The molecule has 0 unspecified atom stereocenters. The van der Waals surface area contributed by atoms with Crippen molar-refractivity contribution in [1.82, 2.24) is 4.90 Å². The quantitative estimate of drug-likeness (QED) is 0.462. The van der Waals surface area contributed by atoms with Crippen molar-refractivity contribution in [3.8, 4) is 0 Å². The van der Waals surface area contributed by atoms with Gasteiger partial charge in [0.05, 0.1) is 11.5 Å². The number of rotatable bonds is 7. The minimum Gasteiger partial charge on any atom is -0.333 e. The van der Waals surface area contributed by atoms with E-state index >= 15 is 0 Å². The maximum atomic E-state index is 12.2. The van der Waals surface area contributed by atoms with Gasteiger partial charge in [0.15, 0.2) is 0 Å². The summed E-state index contributed by atoms with van der Waals surface area (Å²) in [7, 11) is 1.54. The van der Waals surface area contributed by atoms with Crippen molar-refractivity contribution in [3.63, 3.8) is 0 Å². The predicted octanol–water partition coefficient (Wildman–Crippen LogP) is 3.27. The highest BCUT2D eigenvalue weighted by Crippen LogP contribution is 2.15. The lowest BCUT2D eigenvalue weighted by atomic mass is 10.1. The molecule has 0 saturated heterocycles. The van der Waals surface area contributed by atoms with Gasteiger partial charge in [-0.15, -0.1) is 0 Å². The number of para-hydroxylation sites is 1. The Morgan fingerprint density at radius 3 is 2.44 bits per heavy atom. The van der Waals surface area contributed by atoms with E-state index < -0.39 is 4.92 Å². The number of nitrogens with zero attached hydrogens (tertiary/aromatic N) is 2. The summed E-state index contributed by atoms with van der Waals surface area (Å²) in [6.45, 7) is 1.92. The second-order valence-corrected chi connectivity index (χ2v) is 5.94. The molecule has 2 amide bonds. The van der Waals surface area contributed by atoms with Gasteiger partial charge in [-0.2, -0.15) is 0 Å². The Hall–Kier alpha value is -3.48. The topological polar surface area (TPSA) is 92.6 Å². The molecule has 2 aromatic rings. The van der Waals surface area contributed by atoms with Crippen LogP contribution in [0.15, 0.2) is 54.6 Å². The summed E-state index contributed by atoms with van der Waals surface area (Å²) in [5, 5.41) is 13.4. The first-order valence-electron chi connectivity index (χ1n) is 8.46. The van der Waals surface area contributed by atoms with Crippen LogP contribution in [0.1, 0.15) is 18.1 Å². The largest absolute Gasteiger partial charge is 0.333 e. The fourth-order valence-electron chi connectivity index (χ4n) is 2.44. The number of hydrogen-bond acceptors (Lipinski definition) is 4. The van der Waals surface area contributed by atoms with Crippen LogP contribution in [0.5, 0.6) is 0 Å². The summed E-state index contributed by atoms with van der Waals surface area (Å²) in [5.41, 5.74) is 2.41. The predicted molar refractivity (Wildman–Crippen MR) is 104 cm³/mol. The van der Waals surface area contributed by atoms with E-state index in [-0.39, 0.29) is 24.0 Å². The molecular formula is C20H21N3O4. The Bertz CT molecular complexity index is 860. The third-order valence-electron chi connectivity index (χ3n) is 3.95. The number of aryl methyl sites for hydroxylation is 1. The first-order chi connectivity index (χ1) is 12.9. The van der Waals surface area contributed by atoms with Crippen molar-refractivity contribution < 1.29 is 14.5 Å². The summed E-state index contributed by atoms with van der Waals surface area (Å²) < 4.78 is 0. The van der Waals surface area contributed by atoms with E-state index in [1.54, 1.807) is 18.2 Å². The zero-order valence-electron chi connectivity index (χ0n) is 15.2. The van der Waals surface area contributed by atoms with Crippen molar-refractivity contribution >= 4 is 29.3 Å². The van der Waals surface area contributed by atoms with Gasteiger partial charge in [-0.3, -0.25) is 19.7 Å². The number of benzene rings is 2. The summed E-state index contributed by atoms with van der Waals surface area (Å²) in [6.07, 6.45) is 3.67. The molecule has 140 valence electrons. The molecule has 0 radical (unpaired) electrons. The molecule has 27 heavy (non-hydrogen) atoms. The van der Waals surface area contributed by atoms with E-state index in [1.807, 2.05) is 31.2 Å². The van der Waals surface area contributed by atoms with Gasteiger partial charge in [0.25, 0.3) is 5.69 Å². The van der Waals surface area contributed by atoms with Gasteiger partial charge in [0.1, 0.15) is 0 Å². The molecule has 0 aliphatic carbocycles. The molecule has 0 bridgehead atoms. The smallest absolute Gasteiger partial charge is 0.269 e. The normalized spacial score (nSPS) is 10.6. The summed E-state index contributed by atoms with van der Waals surface area (Å²) in [4.78, 5) is 35.8. The third kappa shape index (κ3) is 5.78. The minimum atomic E-state index is -0.484. The molecule has 0 spiro atoms. The van der Waals surface area contributed by atoms with E-state index in [9.17, 15) is 19.7 Å². The van der Waals surface area contributed by atoms with Gasteiger partial charge in [-0.25, -0.2) is 0 Å². The molecule has 7 heteroatoms. The monoisotopic (exact) mass is 367 g/mol. The van der Waals surface area contributed by atoms with Crippen molar-refractivity contribution in [2.45, 2.75) is 13.3 Å². The first kappa shape index (κ1) is 19.8. The number of amides is 2. The van der Waals surface area contributed by atoms with Gasteiger partial charge in [0.2, 0.25) is 11.8 Å². The Morgan fingerprint density at radius 2 is 1.81 bits per heavy atom. The SMILES string of the molecule is CCc1ccccc1NC(=O)CN(C)C(=O)/C=C/c1ccc([N+](=O)[O-])cc1. The number of nitro benzene ring substituents is 1. The second kappa shape index (κ2) is 9.28. The lowest BCUT2D eigenvalue weighted by Crippen LogP contribution is -2.34. The Morgan fingerprint density at radius 1 is 1.15 bits per heavy atom. The molecular weight excluding hydrogens is 346 g/mol.